The number of hydrogen-bond donors (Lipinski definition) is 0. The Labute approximate surface area is 152 Å². The minimum atomic E-state index is -3.31. The maximum atomic E-state index is 12.8. The van der Waals surface area contributed by atoms with Crippen LogP contribution in [-0.2, 0) is 9.84 Å². The van der Waals surface area contributed by atoms with Crippen molar-refractivity contribution in [3.63, 3.8) is 0 Å². The van der Waals surface area contributed by atoms with Crippen molar-refractivity contribution >= 4 is 26.7 Å². The van der Waals surface area contributed by atoms with Gasteiger partial charge in [0.2, 0.25) is 0 Å². The molecular formula is C20H19NO4S. The highest BCUT2D eigenvalue weighted by Crippen LogP contribution is 2.30. The van der Waals surface area contributed by atoms with Crippen LogP contribution >= 0.6 is 0 Å². The Morgan fingerprint density at radius 2 is 1.73 bits per heavy atom. The average molecular weight is 369 g/mol. The predicted octanol–water partition coefficient (Wildman–Crippen LogP) is 3.43. The molecule has 0 spiro atoms. The lowest BCUT2D eigenvalue weighted by Gasteiger charge is -2.18. The number of hydrogen-bond acceptors (Lipinski definition) is 4. The second kappa shape index (κ2) is 6.61. The Balaban J connectivity index is 1.58. The monoisotopic (exact) mass is 369 g/mol. The number of benzene rings is 2. The minimum absolute atomic E-state index is 0.0431. The van der Waals surface area contributed by atoms with Crippen LogP contribution in [0.3, 0.4) is 0 Å². The van der Waals surface area contributed by atoms with Crippen molar-refractivity contribution in [1.29, 1.82) is 0 Å². The van der Waals surface area contributed by atoms with Gasteiger partial charge in [0.1, 0.15) is 5.58 Å². The predicted molar refractivity (Wildman–Crippen MR) is 99.7 cm³/mol. The van der Waals surface area contributed by atoms with Gasteiger partial charge in [-0.15, -0.1) is 0 Å². The highest BCUT2D eigenvalue weighted by atomic mass is 32.2. The summed E-state index contributed by atoms with van der Waals surface area (Å²) in [7, 11) is -3.31. The van der Waals surface area contributed by atoms with E-state index in [1.807, 2.05) is 54.6 Å². The van der Waals surface area contributed by atoms with Crippen molar-refractivity contribution in [1.82, 2.24) is 4.90 Å². The highest BCUT2D eigenvalue weighted by molar-refractivity contribution is 7.91. The van der Waals surface area contributed by atoms with Crippen molar-refractivity contribution in [2.24, 2.45) is 0 Å². The van der Waals surface area contributed by atoms with Crippen molar-refractivity contribution < 1.29 is 17.6 Å². The number of carbonyl (C=O) groups is 1. The molecule has 1 saturated heterocycles. The summed E-state index contributed by atoms with van der Waals surface area (Å²) in [4.78, 5) is 14.4. The first-order chi connectivity index (χ1) is 12.5. The van der Waals surface area contributed by atoms with Crippen LogP contribution in [0.1, 0.15) is 27.8 Å². The third-order valence-corrected chi connectivity index (χ3v) is 6.96. The summed E-state index contributed by atoms with van der Waals surface area (Å²) < 4.78 is 31.0. The highest BCUT2D eigenvalue weighted by Gasteiger charge is 2.33. The molecule has 1 unspecified atom stereocenters. The van der Waals surface area contributed by atoms with Gasteiger partial charge in [-0.25, -0.2) is 8.42 Å². The van der Waals surface area contributed by atoms with E-state index < -0.39 is 15.1 Å². The third kappa shape index (κ3) is 3.12. The summed E-state index contributed by atoms with van der Waals surface area (Å²) in [5.74, 6) is -0.0507. The molecule has 4 rings (SSSR count). The molecule has 26 heavy (non-hydrogen) atoms. The molecule has 1 aromatic heterocycles. The molecule has 3 aromatic rings. The third-order valence-electron chi connectivity index (χ3n) is 4.84. The number of nitrogens with zero attached hydrogens (tertiary/aromatic N) is 1. The van der Waals surface area contributed by atoms with Gasteiger partial charge in [0.15, 0.2) is 15.6 Å². The summed E-state index contributed by atoms with van der Waals surface area (Å²) in [5, 5.41) is 0.289. The van der Waals surface area contributed by atoms with Gasteiger partial charge in [0.05, 0.1) is 11.0 Å². The first-order valence-electron chi connectivity index (χ1n) is 8.59. The number of amides is 1. The van der Waals surface area contributed by atoms with Crippen LogP contribution in [0.25, 0.3) is 11.0 Å². The van der Waals surface area contributed by atoms with E-state index in [2.05, 4.69) is 0 Å². The number of fused-ring (bicyclic) bond motifs is 1. The van der Waals surface area contributed by atoms with Crippen LogP contribution in [0, 0.1) is 0 Å². The van der Waals surface area contributed by atoms with Gasteiger partial charge in [0.25, 0.3) is 5.91 Å². The van der Waals surface area contributed by atoms with Gasteiger partial charge >= 0.3 is 0 Å². The van der Waals surface area contributed by atoms with Gasteiger partial charge in [-0.2, -0.15) is 0 Å². The molecule has 2 heterocycles. The summed E-state index contributed by atoms with van der Waals surface area (Å²) in [5.41, 5.74) is 1.44. The number of para-hydroxylation sites is 1. The van der Waals surface area contributed by atoms with Gasteiger partial charge in [-0.3, -0.25) is 4.79 Å². The molecule has 0 aliphatic carbocycles. The lowest BCUT2D eigenvalue weighted by atomic mass is 10.1. The molecule has 1 aliphatic heterocycles. The van der Waals surface area contributed by atoms with Gasteiger partial charge in [0, 0.05) is 18.5 Å². The maximum Gasteiger partial charge on any atom is 0.289 e. The van der Waals surface area contributed by atoms with Crippen molar-refractivity contribution in [2.75, 3.05) is 18.8 Å². The molecule has 2 aromatic carbocycles. The standard InChI is InChI=1S/C20H19NO4S/c22-20(18-14-16-8-4-5-9-17(16)25-18)21-11-10-19(26(23,24)13-12-21)15-6-2-1-3-7-15/h1-9,14,19H,10-13H2. The second-order valence-corrected chi connectivity index (χ2v) is 8.80. The zero-order valence-electron chi connectivity index (χ0n) is 14.2. The molecule has 134 valence electrons. The van der Waals surface area contributed by atoms with Crippen molar-refractivity contribution in [3.05, 3.63) is 72.0 Å². The Hall–Kier alpha value is -2.60. The molecule has 1 atom stereocenters. The van der Waals surface area contributed by atoms with Crippen molar-refractivity contribution in [2.45, 2.75) is 11.7 Å². The van der Waals surface area contributed by atoms with E-state index in [4.69, 9.17) is 4.42 Å². The number of furan rings is 1. The van der Waals surface area contributed by atoms with Crippen LogP contribution in [0.15, 0.2) is 65.1 Å². The molecule has 0 saturated carbocycles. The van der Waals surface area contributed by atoms with Crippen LogP contribution in [-0.4, -0.2) is 38.1 Å². The van der Waals surface area contributed by atoms with E-state index in [0.717, 1.165) is 10.9 Å². The molecule has 0 bridgehead atoms. The Kier molecular flexibility index (Phi) is 4.28. The summed E-state index contributed by atoms with van der Waals surface area (Å²) in [6, 6.07) is 18.4. The number of rotatable bonds is 2. The Bertz CT molecular complexity index is 1010. The lowest BCUT2D eigenvalue weighted by molar-refractivity contribution is 0.0737. The molecular weight excluding hydrogens is 350 g/mol. The fourth-order valence-electron chi connectivity index (χ4n) is 3.43. The van der Waals surface area contributed by atoms with Crippen LogP contribution in [0.2, 0.25) is 0 Å². The molecule has 1 fully saturated rings. The second-order valence-electron chi connectivity index (χ2n) is 6.50. The van der Waals surface area contributed by atoms with E-state index in [9.17, 15) is 13.2 Å². The summed E-state index contributed by atoms with van der Waals surface area (Å²) >= 11 is 0. The van der Waals surface area contributed by atoms with Gasteiger partial charge in [-0.1, -0.05) is 48.5 Å². The number of sulfone groups is 1. The topological polar surface area (TPSA) is 67.6 Å². The van der Waals surface area contributed by atoms with E-state index in [0.29, 0.717) is 18.5 Å². The van der Waals surface area contributed by atoms with Gasteiger partial charge < -0.3 is 9.32 Å². The first-order valence-corrected chi connectivity index (χ1v) is 10.3. The fraction of sp³-hybridized carbons (Fsp3) is 0.250. The molecule has 6 heteroatoms. The molecule has 0 radical (unpaired) electrons. The first kappa shape index (κ1) is 16.8. The maximum absolute atomic E-state index is 12.8. The van der Waals surface area contributed by atoms with E-state index in [1.165, 1.54) is 0 Å². The average Bonchev–Trinajstić information content (AvgIpc) is 3.01. The Morgan fingerprint density at radius 3 is 2.50 bits per heavy atom. The molecule has 1 amide bonds. The normalized spacial score (nSPS) is 20.0. The number of carbonyl (C=O) groups excluding carboxylic acids is 1. The van der Waals surface area contributed by atoms with Crippen LogP contribution in [0.4, 0.5) is 0 Å². The molecule has 1 aliphatic rings. The zero-order valence-corrected chi connectivity index (χ0v) is 15.0. The summed E-state index contributed by atoms with van der Waals surface area (Å²) in [6.07, 6.45) is 0.387. The van der Waals surface area contributed by atoms with E-state index in [1.54, 1.807) is 11.0 Å². The van der Waals surface area contributed by atoms with Crippen molar-refractivity contribution in [3.8, 4) is 0 Å². The molecule has 0 N–H and O–H groups in total. The smallest absolute Gasteiger partial charge is 0.289 e. The Morgan fingerprint density at radius 1 is 1.00 bits per heavy atom. The quantitative estimate of drug-likeness (QED) is 0.694. The van der Waals surface area contributed by atoms with Crippen LogP contribution in [0.5, 0.6) is 0 Å². The largest absolute Gasteiger partial charge is 0.451 e. The van der Waals surface area contributed by atoms with Crippen LogP contribution < -0.4 is 0 Å². The zero-order chi connectivity index (χ0) is 18.1. The fourth-order valence-corrected chi connectivity index (χ4v) is 5.23. The summed E-state index contributed by atoms with van der Waals surface area (Å²) in [6.45, 7) is 0.566. The lowest BCUT2D eigenvalue weighted by Crippen LogP contribution is -2.33. The van der Waals surface area contributed by atoms with E-state index in [-0.39, 0.29) is 24.0 Å². The van der Waals surface area contributed by atoms with Gasteiger partial charge in [-0.05, 0) is 24.1 Å². The van der Waals surface area contributed by atoms with E-state index >= 15 is 0 Å². The minimum Gasteiger partial charge on any atom is -0.451 e. The SMILES string of the molecule is O=C(c1cc2ccccc2o1)N1CCC(c2ccccc2)S(=O)(=O)CC1. The molecule has 5 nitrogen and oxygen atoms in total.